The van der Waals surface area contributed by atoms with Crippen molar-refractivity contribution in [3.63, 3.8) is 0 Å². The number of ether oxygens (including phenoxy) is 1. The van der Waals surface area contributed by atoms with Gasteiger partial charge in [-0.1, -0.05) is 39.7 Å². The number of hydrogen-bond acceptors (Lipinski definition) is 2. The van der Waals surface area contributed by atoms with Crippen molar-refractivity contribution in [1.82, 2.24) is 0 Å². The van der Waals surface area contributed by atoms with E-state index in [1.807, 2.05) is 37.3 Å². The maximum absolute atomic E-state index is 9.40. The van der Waals surface area contributed by atoms with Gasteiger partial charge in [0, 0.05) is 15.1 Å². The maximum atomic E-state index is 9.40. The zero-order chi connectivity index (χ0) is 15.2. The zero-order valence-corrected chi connectivity index (χ0v) is 13.8. The normalized spacial score (nSPS) is 11.0. The van der Waals surface area contributed by atoms with Crippen molar-refractivity contribution < 1.29 is 4.74 Å². The standard InChI is InChI=1S/C17H13BrClNO/c1-2-21-17-8-7-16(19)10-13(17)9-14(11-20)12-3-5-15(18)6-4-12/h3-10H,2H2,1H3/b14-9+. The second-order valence-corrected chi connectivity index (χ2v) is 5.64. The van der Waals surface area contributed by atoms with E-state index in [2.05, 4.69) is 22.0 Å². The molecule has 0 atom stereocenters. The summed E-state index contributed by atoms with van der Waals surface area (Å²) in [7, 11) is 0. The lowest BCUT2D eigenvalue weighted by Gasteiger charge is -2.08. The number of nitriles is 1. The van der Waals surface area contributed by atoms with E-state index in [9.17, 15) is 5.26 Å². The Bertz CT molecular complexity index is 702. The topological polar surface area (TPSA) is 33.0 Å². The van der Waals surface area contributed by atoms with Crippen LogP contribution in [0.5, 0.6) is 5.75 Å². The molecule has 2 rings (SSSR count). The van der Waals surface area contributed by atoms with Gasteiger partial charge < -0.3 is 4.74 Å². The van der Waals surface area contributed by atoms with Gasteiger partial charge in [0.05, 0.1) is 18.2 Å². The molecule has 0 aromatic heterocycles. The minimum Gasteiger partial charge on any atom is -0.493 e. The van der Waals surface area contributed by atoms with E-state index < -0.39 is 0 Å². The van der Waals surface area contributed by atoms with E-state index >= 15 is 0 Å². The molecule has 0 fully saturated rings. The Hall–Kier alpha value is -1.76. The number of allylic oxidation sites excluding steroid dienone is 1. The van der Waals surface area contributed by atoms with Crippen molar-refractivity contribution >= 4 is 39.2 Å². The predicted octanol–water partition coefficient (Wildman–Crippen LogP) is 5.57. The number of halogens is 2. The van der Waals surface area contributed by atoms with Gasteiger partial charge in [-0.2, -0.15) is 5.26 Å². The van der Waals surface area contributed by atoms with Crippen molar-refractivity contribution in [3.05, 3.63) is 63.1 Å². The summed E-state index contributed by atoms with van der Waals surface area (Å²) in [4.78, 5) is 0. The molecule has 0 spiro atoms. The van der Waals surface area contributed by atoms with Crippen LogP contribution in [0.2, 0.25) is 5.02 Å². The third-order valence-electron chi connectivity index (χ3n) is 2.85. The van der Waals surface area contributed by atoms with Crippen LogP contribution in [0.25, 0.3) is 11.6 Å². The summed E-state index contributed by atoms with van der Waals surface area (Å²) in [5, 5.41) is 10.0. The average molecular weight is 363 g/mol. The molecule has 0 unspecified atom stereocenters. The molecule has 0 radical (unpaired) electrons. The summed E-state index contributed by atoms with van der Waals surface area (Å²) in [6.45, 7) is 2.48. The molecular formula is C17H13BrClNO. The van der Waals surface area contributed by atoms with Crippen molar-refractivity contribution in [3.8, 4) is 11.8 Å². The summed E-state index contributed by atoms with van der Waals surface area (Å²) >= 11 is 9.42. The zero-order valence-electron chi connectivity index (χ0n) is 11.4. The molecule has 2 nitrogen and oxygen atoms in total. The number of benzene rings is 2. The third-order valence-corrected chi connectivity index (χ3v) is 3.61. The monoisotopic (exact) mass is 361 g/mol. The van der Waals surface area contributed by atoms with Crippen LogP contribution in [0.4, 0.5) is 0 Å². The van der Waals surface area contributed by atoms with E-state index in [1.54, 1.807) is 18.2 Å². The Morgan fingerprint density at radius 3 is 2.62 bits per heavy atom. The van der Waals surface area contributed by atoms with Crippen LogP contribution in [0, 0.1) is 11.3 Å². The van der Waals surface area contributed by atoms with Gasteiger partial charge in [0.25, 0.3) is 0 Å². The predicted molar refractivity (Wildman–Crippen MR) is 90.2 cm³/mol. The lowest BCUT2D eigenvalue weighted by Crippen LogP contribution is -1.94. The first-order valence-electron chi connectivity index (χ1n) is 6.44. The van der Waals surface area contributed by atoms with Crippen LogP contribution in [-0.4, -0.2) is 6.61 Å². The molecule has 2 aromatic carbocycles. The van der Waals surface area contributed by atoms with Gasteiger partial charge in [-0.3, -0.25) is 0 Å². The van der Waals surface area contributed by atoms with Crippen LogP contribution in [-0.2, 0) is 0 Å². The molecule has 0 heterocycles. The van der Waals surface area contributed by atoms with E-state index in [4.69, 9.17) is 16.3 Å². The quantitative estimate of drug-likeness (QED) is 0.526. The van der Waals surface area contributed by atoms with E-state index in [0.717, 1.165) is 15.6 Å². The minimum atomic E-state index is 0.558. The van der Waals surface area contributed by atoms with Gasteiger partial charge in [-0.15, -0.1) is 0 Å². The molecular weight excluding hydrogens is 350 g/mol. The molecule has 0 amide bonds. The van der Waals surface area contributed by atoms with Crippen molar-refractivity contribution in [2.75, 3.05) is 6.61 Å². The molecule has 0 aliphatic rings. The first-order valence-corrected chi connectivity index (χ1v) is 7.61. The van der Waals surface area contributed by atoms with Gasteiger partial charge in [-0.05, 0) is 48.9 Å². The van der Waals surface area contributed by atoms with Crippen LogP contribution in [0.1, 0.15) is 18.1 Å². The molecule has 0 saturated carbocycles. The maximum Gasteiger partial charge on any atom is 0.126 e. The van der Waals surface area contributed by atoms with E-state index in [-0.39, 0.29) is 0 Å². The SMILES string of the molecule is CCOc1ccc(Cl)cc1/C=C(\C#N)c1ccc(Br)cc1. The van der Waals surface area contributed by atoms with Gasteiger partial charge in [0.1, 0.15) is 5.75 Å². The Morgan fingerprint density at radius 1 is 1.29 bits per heavy atom. The summed E-state index contributed by atoms with van der Waals surface area (Å²) in [6.07, 6.45) is 1.79. The Labute approximate surface area is 137 Å². The van der Waals surface area contributed by atoms with Gasteiger partial charge in [-0.25, -0.2) is 0 Å². The van der Waals surface area contributed by atoms with E-state index in [1.165, 1.54) is 0 Å². The summed E-state index contributed by atoms with van der Waals surface area (Å²) in [6, 6.07) is 15.2. The summed E-state index contributed by atoms with van der Waals surface area (Å²) in [5.74, 6) is 0.715. The highest BCUT2D eigenvalue weighted by molar-refractivity contribution is 9.10. The lowest BCUT2D eigenvalue weighted by atomic mass is 10.0. The van der Waals surface area contributed by atoms with Crippen LogP contribution < -0.4 is 4.74 Å². The van der Waals surface area contributed by atoms with Crippen LogP contribution in [0.15, 0.2) is 46.9 Å². The minimum absolute atomic E-state index is 0.558. The fourth-order valence-corrected chi connectivity index (χ4v) is 2.33. The number of nitrogens with zero attached hydrogens (tertiary/aromatic N) is 1. The highest BCUT2D eigenvalue weighted by Crippen LogP contribution is 2.28. The second-order valence-electron chi connectivity index (χ2n) is 4.29. The molecule has 0 aliphatic carbocycles. The van der Waals surface area contributed by atoms with Crippen molar-refractivity contribution in [2.45, 2.75) is 6.92 Å². The lowest BCUT2D eigenvalue weighted by molar-refractivity contribution is 0.339. The molecule has 106 valence electrons. The molecule has 4 heteroatoms. The molecule has 0 bridgehead atoms. The summed E-state index contributed by atoms with van der Waals surface area (Å²) in [5.41, 5.74) is 2.21. The summed E-state index contributed by atoms with van der Waals surface area (Å²) < 4.78 is 6.55. The van der Waals surface area contributed by atoms with Crippen molar-refractivity contribution in [1.29, 1.82) is 5.26 Å². The number of rotatable bonds is 4. The van der Waals surface area contributed by atoms with Crippen LogP contribution in [0.3, 0.4) is 0 Å². The molecule has 0 saturated heterocycles. The largest absolute Gasteiger partial charge is 0.493 e. The number of hydrogen-bond donors (Lipinski definition) is 0. The molecule has 2 aromatic rings. The molecule has 21 heavy (non-hydrogen) atoms. The highest BCUT2D eigenvalue weighted by atomic mass is 79.9. The Balaban J connectivity index is 2.47. The molecule has 0 aliphatic heterocycles. The Kier molecular flexibility index (Phi) is 5.44. The van der Waals surface area contributed by atoms with Gasteiger partial charge in [0.15, 0.2) is 0 Å². The van der Waals surface area contributed by atoms with Gasteiger partial charge >= 0.3 is 0 Å². The van der Waals surface area contributed by atoms with Gasteiger partial charge in [0.2, 0.25) is 0 Å². The molecule has 0 N–H and O–H groups in total. The first-order chi connectivity index (χ1) is 10.1. The second kappa shape index (κ2) is 7.31. The fraction of sp³-hybridized carbons (Fsp3) is 0.118. The fourth-order valence-electron chi connectivity index (χ4n) is 1.88. The third kappa shape index (κ3) is 4.10. The Morgan fingerprint density at radius 2 is 2.00 bits per heavy atom. The average Bonchev–Trinajstić information content (AvgIpc) is 2.48. The van der Waals surface area contributed by atoms with Crippen molar-refractivity contribution in [2.24, 2.45) is 0 Å². The smallest absolute Gasteiger partial charge is 0.126 e. The van der Waals surface area contributed by atoms with E-state index in [0.29, 0.717) is 23.0 Å². The highest BCUT2D eigenvalue weighted by Gasteiger charge is 2.06. The van der Waals surface area contributed by atoms with Crippen LogP contribution >= 0.6 is 27.5 Å². The first kappa shape index (κ1) is 15.6.